The quantitative estimate of drug-likeness (QED) is 0.760. The fourth-order valence-corrected chi connectivity index (χ4v) is 0.874. The molecule has 1 rings (SSSR count). The fourth-order valence-electron chi connectivity index (χ4n) is 0.874. The predicted molar refractivity (Wildman–Crippen MR) is 58.0 cm³/mol. The van der Waals surface area contributed by atoms with Crippen LogP contribution in [0, 0.1) is 0 Å². The number of amides is 1. The fraction of sp³-hybridized carbons (Fsp3) is 0.273. The predicted octanol–water partition coefficient (Wildman–Crippen LogP) is 2.37. The molecule has 0 fully saturated rings. The van der Waals surface area contributed by atoms with Crippen LogP contribution >= 0.6 is 0 Å². The SMILES string of the molecule is CC.CC(=O)c1ccc(OC(N)=O)cc1. The first kappa shape index (κ1) is 13.2. The molecule has 1 aromatic carbocycles. The molecule has 4 heteroatoms. The van der Waals surface area contributed by atoms with Crippen molar-refractivity contribution >= 4 is 11.9 Å². The molecule has 0 spiro atoms. The second-order valence-electron chi connectivity index (χ2n) is 2.50. The van der Waals surface area contributed by atoms with Crippen LogP contribution in [0.5, 0.6) is 5.75 Å². The highest BCUT2D eigenvalue weighted by atomic mass is 16.5. The van der Waals surface area contributed by atoms with Gasteiger partial charge < -0.3 is 10.5 Å². The van der Waals surface area contributed by atoms with Crippen LogP contribution in [0.2, 0.25) is 0 Å². The maximum Gasteiger partial charge on any atom is 0.409 e. The number of hydrogen-bond donors (Lipinski definition) is 1. The molecule has 0 saturated heterocycles. The van der Waals surface area contributed by atoms with Crippen molar-refractivity contribution in [1.82, 2.24) is 0 Å². The molecule has 0 aliphatic heterocycles. The van der Waals surface area contributed by atoms with E-state index in [0.717, 1.165) is 0 Å². The van der Waals surface area contributed by atoms with E-state index in [9.17, 15) is 9.59 Å². The Balaban J connectivity index is 0.000000921. The largest absolute Gasteiger partial charge is 0.411 e. The van der Waals surface area contributed by atoms with Gasteiger partial charge in [0.15, 0.2) is 5.78 Å². The van der Waals surface area contributed by atoms with Crippen LogP contribution < -0.4 is 10.5 Å². The Labute approximate surface area is 89.0 Å². The highest BCUT2D eigenvalue weighted by Crippen LogP contribution is 2.12. The van der Waals surface area contributed by atoms with E-state index in [4.69, 9.17) is 5.73 Å². The van der Waals surface area contributed by atoms with Gasteiger partial charge in [0, 0.05) is 5.56 Å². The van der Waals surface area contributed by atoms with E-state index in [1.54, 1.807) is 12.1 Å². The molecule has 0 bridgehead atoms. The van der Waals surface area contributed by atoms with Crippen molar-refractivity contribution < 1.29 is 14.3 Å². The van der Waals surface area contributed by atoms with Gasteiger partial charge in [-0.15, -0.1) is 0 Å². The first-order valence-corrected chi connectivity index (χ1v) is 4.68. The maximum atomic E-state index is 10.8. The van der Waals surface area contributed by atoms with Gasteiger partial charge in [-0.25, -0.2) is 4.79 Å². The summed E-state index contributed by atoms with van der Waals surface area (Å²) in [6.45, 7) is 5.46. The first-order chi connectivity index (χ1) is 7.09. The molecule has 0 heterocycles. The van der Waals surface area contributed by atoms with E-state index >= 15 is 0 Å². The van der Waals surface area contributed by atoms with E-state index < -0.39 is 6.09 Å². The molecule has 0 radical (unpaired) electrons. The average Bonchev–Trinajstić information content (AvgIpc) is 2.20. The second-order valence-corrected chi connectivity index (χ2v) is 2.50. The third-order valence-corrected chi connectivity index (χ3v) is 1.48. The van der Waals surface area contributed by atoms with Crippen molar-refractivity contribution in [2.24, 2.45) is 5.73 Å². The highest BCUT2D eigenvalue weighted by Gasteiger charge is 2.00. The summed E-state index contributed by atoms with van der Waals surface area (Å²) in [4.78, 5) is 21.2. The number of rotatable bonds is 2. The molecule has 0 saturated carbocycles. The van der Waals surface area contributed by atoms with Gasteiger partial charge in [0.2, 0.25) is 0 Å². The van der Waals surface area contributed by atoms with Crippen molar-refractivity contribution in [3.05, 3.63) is 29.8 Å². The lowest BCUT2D eigenvalue weighted by molar-refractivity contribution is 0.101. The molecule has 0 aliphatic rings. The molecule has 82 valence electrons. The van der Waals surface area contributed by atoms with Crippen LogP contribution in [0.15, 0.2) is 24.3 Å². The molecular formula is C11H15NO3. The Morgan fingerprint density at radius 3 is 1.93 bits per heavy atom. The van der Waals surface area contributed by atoms with Gasteiger partial charge in [0.1, 0.15) is 5.75 Å². The van der Waals surface area contributed by atoms with E-state index in [2.05, 4.69) is 4.74 Å². The molecule has 0 aliphatic carbocycles. The molecule has 2 N–H and O–H groups in total. The summed E-state index contributed by atoms with van der Waals surface area (Å²) in [5.41, 5.74) is 5.36. The van der Waals surface area contributed by atoms with Crippen molar-refractivity contribution in [2.75, 3.05) is 0 Å². The molecule has 1 aromatic rings. The number of primary amides is 1. The van der Waals surface area contributed by atoms with E-state index in [1.807, 2.05) is 13.8 Å². The molecule has 0 aromatic heterocycles. The number of hydrogen-bond acceptors (Lipinski definition) is 3. The van der Waals surface area contributed by atoms with Crippen LogP contribution in [-0.2, 0) is 0 Å². The molecular weight excluding hydrogens is 194 g/mol. The van der Waals surface area contributed by atoms with Crippen LogP contribution in [0.4, 0.5) is 4.79 Å². The van der Waals surface area contributed by atoms with Crippen molar-refractivity contribution in [1.29, 1.82) is 0 Å². The number of ketones is 1. The van der Waals surface area contributed by atoms with E-state index in [1.165, 1.54) is 19.1 Å². The van der Waals surface area contributed by atoms with Gasteiger partial charge in [-0.1, -0.05) is 13.8 Å². The van der Waals surface area contributed by atoms with Crippen LogP contribution in [0.3, 0.4) is 0 Å². The lowest BCUT2D eigenvalue weighted by Gasteiger charge is -2.00. The zero-order valence-electron chi connectivity index (χ0n) is 9.11. The lowest BCUT2D eigenvalue weighted by Crippen LogP contribution is -2.16. The normalized spacial score (nSPS) is 8.47. The maximum absolute atomic E-state index is 10.8. The Kier molecular flexibility index (Phi) is 5.78. The van der Waals surface area contributed by atoms with Gasteiger partial charge in [-0.05, 0) is 31.2 Å². The van der Waals surface area contributed by atoms with Gasteiger partial charge in [-0.2, -0.15) is 0 Å². The Morgan fingerprint density at radius 1 is 1.13 bits per heavy atom. The Hall–Kier alpha value is -1.84. The molecule has 1 amide bonds. The van der Waals surface area contributed by atoms with Gasteiger partial charge >= 0.3 is 6.09 Å². The molecule has 0 atom stereocenters. The zero-order chi connectivity index (χ0) is 11.8. The summed E-state index contributed by atoms with van der Waals surface area (Å²) in [6.07, 6.45) is -0.865. The minimum Gasteiger partial charge on any atom is -0.411 e. The number of ether oxygens (including phenoxy) is 1. The third-order valence-electron chi connectivity index (χ3n) is 1.48. The minimum atomic E-state index is -0.865. The highest BCUT2D eigenvalue weighted by molar-refractivity contribution is 5.94. The summed E-state index contributed by atoms with van der Waals surface area (Å²) in [7, 11) is 0. The molecule has 4 nitrogen and oxygen atoms in total. The number of carbonyl (C=O) groups excluding carboxylic acids is 2. The second kappa shape index (κ2) is 6.59. The molecule has 15 heavy (non-hydrogen) atoms. The summed E-state index contributed by atoms with van der Waals surface area (Å²) in [6, 6.07) is 6.17. The van der Waals surface area contributed by atoms with Crippen molar-refractivity contribution in [3.8, 4) is 5.75 Å². The van der Waals surface area contributed by atoms with E-state index in [0.29, 0.717) is 11.3 Å². The lowest BCUT2D eigenvalue weighted by atomic mass is 10.1. The van der Waals surface area contributed by atoms with E-state index in [-0.39, 0.29) is 5.78 Å². The standard InChI is InChI=1S/C9H9NO3.C2H6/c1-6(11)7-2-4-8(5-3-7)13-9(10)12;1-2/h2-5H,1H3,(H2,10,12);1-2H3. The van der Waals surface area contributed by atoms with Crippen molar-refractivity contribution in [3.63, 3.8) is 0 Å². The third kappa shape index (κ3) is 4.81. The number of carbonyl (C=O) groups is 2. The summed E-state index contributed by atoms with van der Waals surface area (Å²) in [5, 5.41) is 0. The molecule has 0 unspecified atom stereocenters. The topological polar surface area (TPSA) is 69.4 Å². The van der Waals surface area contributed by atoms with Crippen molar-refractivity contribution in [2.45, 2.75) is 20.8 Å². The Morgan fingerprint density at radius 2 is 1.60 bits per heavy atom. The summed E-state index contributed by atoms with van der Waals surface area (Å²) in [5.74, 6) is 0.295. The smallest absolute Gasteiger partial charge is 0.409 e. The Bertz CT molecular complexity index is 330. The monoisotopic (exact) mass is 209 g/mol. The minimum absolute atomic E-state index is 0.0365. The average molecular weight is 209 g/mol. The first-order valence-electron chi connectivity index (χ1n) is 4.68. The van der Waals surface area contributed by atoms with Crippen LogP contribution in [-0.4, -0.2) is 11.9 Å². The summed E-state index contributed by atoms with van der Waals surface area (Å²) < 4.78 is 4.58. The van der Waals surface area contributed by atoms with Gasteiger partial charge in [0.25, 0.3) is 0 Å². The number of Topliss-reactive ketones (excluding diaryl/α,β-unsaturated/α-hetero) is 1. The number of nitrogens with two attached hydrogens (primary N) is 1. The van der Waals surface area contributed by atoms with Crippen LogP contribution in [0.25, 0.3) is 0 Å². The summed E-state index contributed by atoms with van der Waals surface area (Å²) >= 11 is 0. The zero-order valence-corrected chi connectivity index (χ0v) is 9.11. The van der Waals surface area contributed by atoms with Crippen LogP contribution in [0.1, 0.15) is 31.1 Å². The number of benzene rings is 1. The van der Waals surface area contributed by atoms with Gasteiger partial charge in [-0.3, -0.25) is 4.79 Å². The van der Waals surface area contributed by atoms with Gasteiger partial charge in [0.05, 0.1) is 0 Å².